The molecule has 3 heterocycles. The molecule has 1 unspecified atom stereocenters. The number of benzene rings is 1. The highest BCUT2D eigenvalue weighted by atomic mass is 127. The van der Waals surface area contributed by atoms with Gasteiger partial charge in [-0.1, -0.05) is 35.5 Å². The fourth-order valence-corrected chi connectivity index (χ4v) is 4.37. The maximum Gasteiger partial charge on any atom is 0.193 e. The van der Waals surface area contributed by atoms with Gasteiger partial charge in [-0.25, -0.2) is 0 Å². The molecule has 164 valence electrons. The summed E-state index contributed by atoms with van der Waals surface area (Å²) in [6.07, 6.45) is 4.23. The van der Waals surface area contributed by atoms with Crippen molar-refractivity contribution in [1.29, 1.82) is 0 Å². The number of rotatable bonds is 6. The number of hydrogen-bond donors (Lipinski definition) is 1. The molecule has 0 spiro atoms. The highest BCUT2D eigenvalue weighted by Gasteiger charge is 2.25. The zero-order valence-electron chi connectivity index (χ0n) is 17.7. The van der Waals surface area contributed by atoms with Crippen molar-refractivity contribution in [3.63, 3.8) is 0 Å². The molecule has 0 aliphatic carbocycles. The zero-order chi connectivity index (χ0) is 19.9. The largest absolute Gasteiger partial charge is 0.364 e. The Balaban J connectivity index is 0.00000256. The molecule has 2 saturated heterocycles. The van der Waals surface area contributed by atoms with Crippen LogP contribution in [0, 0.1) is 0 Å². The fraction of sp³-hybridized carbons (Fsp3) is 0.545. The SMILES string of the molecule is CN=C(NCC(c1ccccc1)N1CCCC1)N1CCN(Cc2ccon2)CC1.I. The standard InChI is InChI=1S/C22H32N6O.HI/c1-23-22(28-14-12-26(13-15-28)18-20-9-16-29-25-20)24-17-21(27-10-5-6-11-27)19-7-3-2-4-8-19;/h2-4,7-9,16,21H,5-6,10-15,17-18H2,1H3,(H,23,24);1H. The van der Waals surface area contributed by atoms with Crippen LogP contribution in [-0.2, 0) is 6.54 Å². The number of nitrogens with zero attached hydrogens (tertiary/aromatic N) is 5. The molecule has 2 fully saturated rings. The Labute approximate surface area is 196 Å². The van der Waals surface area contributed by atoms with Gasteiger partial charge in [-0.05, 0) is 31.5 Å². The Bertz CT molecular complexity index is 755. The molecule has 2 aromatic rings. The van der Waals surface area contributed by atoms with Crippen molar-refractivity contribution in [1.82, 2.24) is 25.2 Å². The van der Waals surface area contributed by atoms with E-state index in [1.165, 1.54) is 31.5 Å². The molecular weight excluding hydrogens is 491 g/mol. The first-order chi connectivity index (χ1) is 14.3. The number of guanidine groups is 1. The summed E-state index contributed by atoms with van der Waals surface area (Å²) in [6, 6.07) is 13.2. The van der Waals surface area contributed by atoms with Gasteiger partial charge in [0.2, 0.25) is 0 Å². The summed E-state index contributed by atoms with van der Waals surface area (Å²) in [5.41, 5.74) is 2.38. The third kappa shape index (κ3) is 5.95. The van der Waals surface area contributed by atoms with Crippen molar-refractivity contribution in [2.24, 2.45) is 4.99 Å². The third-order valence-electron chi connectivity index (χ3n) is 5.98. The van der Waals surface area contributed by atoms with Crippen molar-refractivity contribution in [2.75, 3.05) is 52.9 Å². The van der Waals surface area contributed by atoms with E-state index < -0.39 is 0 Å². The quantitative estimate of drug-likeness (QED) is 0.357. The van der Waals surface area contributed by atoms with Crippen molar-refractivity contribution in [3.8, 4) is 0 Å². The lowest BCUT2D eigenvalue weighted by Gasteiger charge is -2.37. The van der Waals surface area contributed by atoms with Gasteiger partial charge in [-0.3, -0.25) is 14.8 Å². The number of nitrogens with one attached hydrogen (secondary N) is 1. The minimum absolute atomic E-state index is 0. The van der Waals surface area contributed by atoms with Gasteiger partial charge in [0.1, 0.15) is 6.26 Å². The first-order valence-electron chi connectivity index (χ1n) is 10.7. The van der Waals surface area contributed by atoms with Crippen molar-refractivity contribution in [3.05, 3.63) is 53.9 Å². The van der Waals surface area contributed by atoms with E-state index >= 15 is 0 Å². The topological polar surface area (TPSA) is 60.1 Å². The molecule has 0 amide bonds. The smallest absolute Gasteiger partial charge is 0.193 e. The molecule has 4 rings (SSSR count). The predicted octanol–water partition coefficient (Wildman–Crippen LogP) is 2.82. The molecule has 2 aliphatic heterocycles. The molecule has 7 nitrogen and oxygen atoms in total. The predicted molar refractivity (Wildman–Crippen MR) is 130 cm³/mol. The van der Waals surface area contributed by atoms with Gasteiger partial charge < -0.3 is 14.7 Å². The zero-order valence-corrected chi connectivity index (χ0v) is 20.1. The minimum atomic E-state index is 0. The average molecular weight is 524 g/mol. The number of halogens is 1. The maximum absolute atomic E-state index is 4.95. The molecule has 30 heavy (non-hydrogen) atoms. The average Bonchev–Trinajstić information content (AvgIpc) is 3.47. The molecule has 1 aromatic carbocycles. The molecule has 8 heteroatoms. The Kier molecular flexibility index (Phi) is 8.95. The minimum Gasteiger partial charge on any atom is -0.364 e. The molecule has 1 N–H and O–H groups in total. The van der Waals surface area contributed by atoms with E-state index in [2.05, 4.69) is 60.5 Å². The second kappa shape index (κ2) is 11.7. The van der Waals surface area contributed by atoms with Crippen LogP contribution in [0.1, 0.15) is 30.1 Å². The summed E-state index contributed by atoms with van der Waals surface area (Å²) in [4.78, 5) is 12.0. The molecule has 1 aromatic heterocycles. The highest BCUT2D eigenvalue weighted by Crippen LogP contribution is 2.24. The fourth-order valence-electron chi connectivity index (χ4n) is 4.37. The summed E-state index contributed by atoms with van der Waals surface area (Å²) in [6.45, 7) is 8.04. The van der Waals surface area contributed by atoms with Crippen LogP contribution < -0.4 is 5.32 Å². The lowest BCUT2D eigenvalue weighted by atomic mass is 10.1. The van der Waals surface area contributed by atoms with Crippen LogP contribution in [0.2, 0.25) is 0 Å². The Hall–Kier alpha value is -1.65. The van der Waals surface area contributed by atoms with E-state index in [-0.39, 0.29) is 24.0 Å². The van der Waals surface area contributed by atoms with E-state index in [1.807, 2.05) is 13.1 Å². The van der Waals surface area contributed by atoms with E-state index in [0.717, 1.165) is 50.9 Å². The number of aliphatic imine (C=N–C) groups is 1. The van der Waals surface area contributed by atoms with Gasteiger partial charge in [0.05, 0.1) is 11.7 Å². The lowest BCUT2D eigenvalue weighted by molar-refractivity contribution is 0.167. The first kappa shape index (κ1) is 23.0. The molecule has 0 radical (unpaired) electrons. The van der Waals surface area contributed by atoms with Gasteiger partial charge in [0.25, 0.3) is 0 Å². The molecule has 1 atom stereocenters. The Morgan fingerprint density at radius 2 is 1.80 bits per heavy atom. The summed E-state index contributed by atoms with van der Waals surface area (Å²) in [7, 11) is 1.89. The van der Waals surface area contributed by atoms with Crippen LogP contribution >= 0.6 is 24.0 Å². The third-order valence-corrected chi connectivity index (χ3v) is 5.98. The maximum atomic E-state index is 4.95. The summed E-state index contributed by atoms with van der Waals surface area (Å²) in [5, 5.41) is 7.69. The number of aromatic nitrogens is 1. The van der Waals surface area contributed by atoms with Crippen LogP contribution in [0.4, 0.5) is 0 Å². The molecule has 2 aliphatic rings. The van der Waals surface area contributed by atoms with Gasteiger partial charge in [0, 0.05) is 52.4 Å². The summed E-state index contributed by atoms with van der Waals surface area (Å²) >= 11 is 0. The summed E-state index contributed by atoms with van der Waals surface area (Å²) < 4.78 is 4.95. The van der Waals surface area contributed by atoms with E-state index in [9.17, 15) is 0 Å². The van der Waals surface area contributed by atoms with Gasteiger partial charge >= 0.3 is 0 Å². The highest BCUT2D eigenvalue weighted by molar-refractivity contribution is 14.0. The first-order valence-corrected chi connectivity index (χ1v) is 10.7. The van der Waals surface area contributed by atoms with Gasteiger partial charge in [-0.15, -0.1) is 24.0 Å². The van der Waals surface area contributed by atoms with Crippen LogP contribution in [0.25, 0.3) is 0 Å². The van der Waals surface area contributed by atoms with Crippen molar-refractivity contribution in [2.45, 2.75) is 25.4 Å². The number of piperazine rings is 1. The Morgan fingerprint density at radius 3 is 2.43 bits per heavy atom. The van der Waals surface area contributed by atoms with Crippen LogP contribution in [0.3, 0.4) is 0 Å². The normalized spacial score (nSPS) is 19.5. The molecular formula is C22H33IN6O. The van der Waals surface area contributed by atoms with Crippen molar-refractivity contribution >= 4 is 29.9 Å². The monoisotopic (exact) mass is 524 g/mol. The molecule has 0 bridgehead atoms. The molecule has 0 saturated carbocycles. The van der Waals surface area contributed by atoms with Gasteiger partial charge in [-0.2, -0.15) is 0 Å². The number of likely N-dealkylation sites (tertiary alicyclic amines) is 1. The second-order valence-corrected chi connectivity index (χ2v) is 7.85. The van der Waals surface area contributed by atoms with E-state index in [0.29, 0.717) is 6.04 Å². The Morgan fingerprint density at radius 1 is 1.07 bits per heavy atom. The van der Waals surface area contributed by atoms with Crippen molar-refractivity contribution < 1.29 is 4.52 Å². The summed E-state index contributed by atoms with van der Waals surface area (Å²) in [5.74, 6) is 1.01. The van der Waals surface area contributed by atoms with Crippen LogP contribution in [0.15, 0.2) is 52.2 Å². The van der Waals surface area contributed by atoms with Crippen LogP contribution in [-0.4, -0.2) is 78.7 Å². The van der Waals surface area contributed by atoms with E-state index in [1.54, 1.807) is 6.26 Å². The van der Waals surface area contributed by atoms with E-state index in [4.69, 9.17) is 4.52 Å². The van der Waals surface area contributed by atoms with Crippen LogP contribution in [0.5, 0.6) is 0 Å². The lowest BCUT2D eigenvalue weighted by Crippen LogP contribution is -2.53. The van der Waals surface area contributed by atoms with Gasteiger partial charge in [0.15, 0.2) is 5.96 Å². The number of hydrogen-bond acceptors (Lipinski definition) is 5. The second-order valence-electron chi connectivity index (χ2n) is 7.85.